The molecule has 1 atom stereocenters. The molecule has 30 heavy (non-hydrogen) atoms. The van der Waals surface area contributed by atoms with Crippen LogP contribution in [0.1, 0.15) is 24.2 Å². The van der Waals surface area contributed by atoms with E-state index in [1.54, 1.807) is 19.9 Å². The minimum absolute atomic E-state index is 0.0512. The zero-order chi connectivity index (χ0) is 21.8. The Morgan fingerprint density at radius 2 is 1.70 bits per heavy atom. The lowest BCUT2D eigenvalue weighted by Gasteiger charge is -2.22. The molecule has 8 heteroatoms. The van der Waals surface area contributed by atoms with Crippen LogP contribution in [0.5, 0.6) is 0 Å². The predicted molar refractivity (Wildman–Crippen MR) is 117 cm³/mol. The number of nitrogens with one attached hydrogen (secondary N) is 2. The van der Waals surface area contributed by atoms with Gasteiger partial charge in [0.2, 0.25) is 5.91 Å². The molecule has 3 aromatic carbocycles. The lowest BCUT2D eigenvalue weighted by molar-refractivity contribution is -0.384. The monoisotopic (exact) mass is 425 g/mol. The number of nitro groups is 1. The van der Waals surface area contributed by atoms with E-state index in [2.05, 4.69) is 10.6 Å². The normalized spacial score (nSPS) is 11.9. The third-order valence-electron chi connectivity index (χ3n) is 4.66. The Hall–Kier alpha value is -3.45. The minimum atomic E-state index is -0.835. The average molecular weight is 426 g/mol. The molecule has 0 aromatic heterocycles. The van der Waals surface area contributed by atoms with Gasteiger partial charge in [0.15, 0.2) is 0 Å². The smallest absolute Gasteiger partial charge is 0.288 e. The van der Waals surface area contributed by atoms with Gasteiger partial charge in [-0.3, -0.25) is 19.7 Å². The first-order valence-corrected chi connectivity index (χ1v) is 9.68. The van der Waals surface area contributed by atoms with Crippen molar-refractivity contribution >= 4 is 45.6 Å². The lowest BCUT2D eigenvalue weighted by atomic mass is 10.0. The van der Waals surface area contributed by atoms with Crippen molar-refractivity contribution in [3.05, 3.63) is 81.4 Å². The van der Waals surface area contributed by atoms with E-state index in [1.807, 2.05) is 36.4 Å². The summed E-state index contributed by atoms with van der Waals surface area (Å²) in [5.41, 5.74) is 0.294. The Morgan fingerprint density at radius 3 is 2.37 bits per heavy atom. The number of hydrogen-bond acceptors (Lipinski definition) is 4. The van der Waals surface area contributed by atoms with Gasteiger partial charge in [0.1, 0.15) is 11.1 Å². The summed E-state index contributed by atoms with van der Waals surface area (Å²) in [5, 5.41) is 18.5. The van der Waals surface area contributed by atoms with E-state index in [0.717, 1.165) is 16.8 Å². The molecule has 7 nitrogen and oxygen atoms in total. The quantitative estimate of drug-likeness (QED) is 0.437. The molecule has 0 aliphatic carbocycles. The Kier molecular flexibility index (Phi) is 6.32. The number of carbonyl (C=O) groups excluding carboxylic acids is 2. The maximum atomic E-state index is 12.8. The first-order valence-electron chi connectivity index (χ1n) is 9.30. The number of amides is 2. The van der Waals surface area contributed by atoms with Gasteiger partial charge >= 0.3 is 0 Å². The second-order valence-corrected chi connectivity index (χ2v) is 7.58. The van der Waals surface area contributed by atoms with Gasteiger partial charge in [-0.1, -0.05) is 55.8 Å². The van der Waals surface area contributed by atoms with Crippen LogP contribution in [0.4, 0.5) is 11.4 Å². The largest absolute Gasteiger partial charge is 0.340 e. The molecule has 0 saturated carbocycles. The molecule has 154 valence electrons. The van der Waals surface area contributed by atoms with Crippen molar-refractivity contribution in [2.75, 3.05) is 5.32 Å². The Labute approximate surface area is 178 Å². The van der Waals surface area contributed by atoms with Gasteiger partial charge in [0.25, 0.3) is 11.6 Å². The summed E-state index contributed by atoms with van der Waals surface area (Å²) in [6.45, 7) is 3.60. The molecule has 0 heterocycles. The molecule has 0 spiro atoms. The van der Waals surface area contributed by atoms with Gasteiger partial charge < -0.3 is 10.6 Å². The number of nitrogens with zero attached hydrogens (tertiary/aromatic N) is 1. The predicted octanol–water partition coefficient (Wildman–Crippen LogP) is 4.79. The average Bonchev–Trinajstić information content (AvgIpc) is 2.71. The first kappa shape index (κ1) is 21.3. The molecular weight excluding hydrogens is 406 g/mol. The van der Waals surface area contributed by atoms with E-state index < -0.39 is 16.9 Å². The Balaban J connectivity index is 1.77. The first-order chi connectivity index (χ1) is 14.3. The maximum absolute atomic E-state index is 12.8. The third kappa shape index (κ3) is 4.75. The molecule has 0 aliphatic heterocycles. The van der Waals surface area contributed by atoms with E-state index in [-0.39, 0.29) is 28.1 Å². The van der Waals surface area contributed by atoms with Gasteiger partial charge in [0, 0.05) is 17.3 Å². The van der Waals surface area contributed by atoms with Crippen molar-refractivity contribution in [2.24, 2.45) is 5.92 Å². The van der Waals surface area contributed by atoms with Gasteiger partial charge in [-0.2, -0.15) is 0 Å². The molecule has 3 aromatic rings. The van der Waals surface area contributed by atoms with Crippen LogP contribution in [0.25, 0.3) is 10.8 Å². The highest BCUT2D eigenvalue weighted by atomic mass is 35.5. The summed E-state index contributed by atoms with van der Waals surface area (Å²) < 4.78 is 0. The third-order valence-corrected chi connectivity index (χ3v) is 4.98. The lowest BCUT2D eigenvalue weighted by Crippen LogP contribution is -2.47. The molecule has 1 unspecified atom stereocenters. The molecule has 0 aliphatic rings. The van der Waals surface area contributed by atoms with E-state index in [0.29, 0.717) is 5.69 Å². The molecule has 0 fully saturated rings. The molecule has 2 amide bonds. The number of hydrogen-bond donors (Lipinski definition) is 2. The van der Waals surface area contributed by atoms with Crippen molar-refractivity contribution < 1.29 is 14.5 Å². The van der Waals surface area contributed by atoms with Gasteiger partial charge in [-0.15, -0.1) is 0 Å². The number of anilines is 1. The number of halogens is 1. The van der Waals surface area contributed by atoms with E-state index in [1.165, 1.54) is 12.1 Å². The van der Waals surface area contributed by atoms with Crippen molar-refractivity contribution in [1.29, 1.82) is 0 Å². The van der Waals surface area contributed by atoms with Crippen LogP contribution < -0.4 is 10.6 Å². The topological polar surface area (TPSA) is 101 Å². The molecular formula is C22H20ClN3O4. The van der Waals surface area contributed by atoms with Crippen molar-refractivity contribution in [1.82, 2.24) is 5.32 Å². The van der Waals surface area contributed by atoms with Crippen molar-refractivity contribution in [2.45, 2.75) is 19.9 Å². The second kappa shape index (κ2) is 8.92. The maximum Gasteiger partial charge on any atom is 0.288 e. The molecule has 0 bridgehead atoms. The van der Waals surface area contributed by atoms with Crippen LogP contribution in [-0.2, 0) is 4.79 Å². The highest BCUT2D eigenvalue weighted by Crippen LogP contribution is 2.25. The van der Waals surface area contributed by atoms with Gasteiger partial charge in [-0.25, -0.2) is 0 Å². The molecule has 0 saturated heterocycles. The second-order valence-electron chi connectivity index (χ2n) is 7.17. The minimum Gasteiger partial charge on any atom is -0.340 e. The fraction of sp³-hybridized carbons (Fsp3) is 0.182. The van der Waals surface area contributed by atoms with Crippen LogP contribution in [0, 0.1) is 16.0 Å². The zero-order valence-corrected chi connectivity index (χ0v) is 17.1. The van der Waals surface area contributed by atoms with Crippen molar-refractivity contribution in [3.8, 4) is 0 Å². The molecule has 2 N–H and O–H groups in total. The molecule has 0 radical (unpaired) electrons. The standard InChI is InChI=1S/C22H20ClN3O4/c1-13(2)20(25-21(27)16-8-10-18(23)19(12-16)26(29)30)22(28)24-17-9-7-14-5-3-4-6-15(14)11-17/h3-13,20H,1-2H3,(H,24,28)(H,25,27). The number of fused-ring (bicyclic) bond motifs is 1. The SMILES string of the molecule is CC(C)C(NC(=O)c1ccc(Cl)c([N+](=O)[O-])c1)C(=O)Nc1ccc2ccccc2c1. The van der Waals surface area contributed by atoms with Crippen LogP contribution in [0.3, 0.4) is 0 Å². The number of carbonyl (C=O) groups is 2. The summed E-state index contributed by atoms with van der Waals surface area (Å²) >= 11 is 5.80. The summed E-state index contributed by atoms with van der Waals surface area (Å²) in [7, 11) is 0. The van der Waals surface area contributed by atoms with Crippen molar-refractivity contribution in [3.63, 3.8) is 0 Å². The summed E-state index contributed by atoms with van der Waals surface area (Å²) in [5.74, 6) is -1.18. The van der Waals surface area contributed by atoms with Gasteiger partial charge in [-0.05, 0) is 41.0 Å². The number of rotatable bonds is 6. The zero-order valence-electron chi connectivity index (χ0n) is 16.4. The summed E-state index contributed by atoms with van der Waals surface area (Å²) in [6, 6.07) is 16.2. The fourth-order valence-corrected chi connectivity index (χ4v) is 3.23. The Morgan fingerprint density at radius 1 is 1.00 bits per heavy atom. The van der Waals surface area contributed by atoms with E-state index in [9.17, 15) is 19.7 Å². The van der Waals surface area contributed by atoms with Crippen LogP contribution in [0.15, 0.2) is 60.7 Å². The number of nitro benzene ring substituents is 1. The fourth-order valence-electron chi connectivity index (χ4n) is 3.04. The highest BCUT2D eigenvalue weighted by molar-refractivity contribution is 6.32. The molecule has 3 rings (SSSR count). The van der Waals surface area contributed by atoms with E-state index in [4.69, 9.17) is 11.6 Å². The summed E-state index contributed by atoms with van der Waals surface area (Å²) in [4.78, 5) is 35.8. The van der Waals surface area contributed by atoms with Gasteiger partial charge in [0.05, 0.1) is 4.92 Å². The summed E-state index contributed by atoms with van der Waals surface area (Å²) in [6.07, 6.45) is 0. The highest BCUT2D eigenvalue weighted by Gasteiger charge is 2.26. The van der Waals surface area contributed by atoms with E-state index >= 15 is 0 Å². The van der Waals surface area contributed by atoms with Crippen LogP contribution in [0.2, 0.25) is 5.02 Å². The Bertz CT molecular complexity index is 1130. The van der Waals surface area contributed by atoms with Crippen LogP contribution >= 0.6 is 11.6 Å². The van der Waals surface area contributed by atoms with Crippen LogP contribution in [-0.4, -0.2) is 22.8 Å². The number of benzene rings is 3.